The van der Waals surface area contributed by atoms with E-state index in [1.807, 2.05) is 18.2 Å². The molecule has 1 aliphatic carbocycles. The van der Waals surface area contributed by atoms with Gasteiger partial charge >= 0.3 is 0 Å². The van der Waals surface area contributed by atoms with Crippen molar-refractivity contribution in [3.8, 4) is 11.8 Å². The quantitative estimate of drug-likeness (QED) is 0.845. The standard InChI is InChI=1S/C17H15NOS/c1-19-15-7-5-14(11-18)17(10-15)20-16-8-6-12-3-2-4-13(12)9-16/h5-10H,2-4H2,1H3. The minimum Gasteiger partial charge on any atom is -0.497 e. The van der Waals surface area contributed by atoms with Crippen LogP contribution < -0.4 is 4.74 Å². The van der Waals surface area contributed by atoms with Crippen LogP contribution in [0.3, 0.4) is 0 Å². The van der Waals surface area contributed by atoms with E-state index in [0.717, 1.165) is 10.6 Å². The van der Waals surface area contributed by atoms with Gasteiger partial charge in [-0.3, -0.25) is 0 Å². The number of hydrogen-bond acceptors (Lipinski definition) is 3. The predicted octanol–water partition coefficient (Wildman–Crippen LogP) is 4.21. The number of rotatable bonds is 3. The maximum atomic E-state index is 9.21. The van der Waals surface area contributed by atoms with Gasteiger partial charge in [0.2, 0.25) is 0 Å². The van der Waals surface area contributed by atoms with Crippen molar-refractivity contribution in [1.29, 1.82) is 5.26 Å². The number of benzene rings is 2. The van der Waals surface area contributed by atoms with E-state index in [0.29, 0.717) is 5.56 Å². The fraction of sp³-hybridized carbons (Fsp3) is 0.235. The lowest BCUT2D eigenvalue weighted by molar-refractivity contribution is 0.413. The van der Waals surface area contributed by atoms with Crippen LogP contribution in [-0.2, 0) is 12.8 Å². The molecule has 0 aliphatic heterocycles. The third-order valence-electron chi connectivity index (χ3n) is 3.61. The Kier molecular flexibility index (Phi) is 3.66. The summed E-state index contributed by atoms with van der Waals surface area (Å²) in [5.41, 5.74) is 3.62. The molecule has 0 atom stereocenters. The monoisotopic (exact) mass is 281 g/mol. The van der Waals surface area contributed by atoms with Crippen LogP contribution in [-0.4, -0.2) is 7.11 Å². The van der Waals surface area contributed by atoms with Crippen molar-refractivity contribution in [3.05, 3.63) is 53.1 Å². The molecule has 0 saturated heterocycles. The summed E-state index contributed by atoms with van der Waals surface area (Å²) in [5, 5.41) is 9.21. The predicted molar refractivity (Wildman–Crippen MR) is 80.3 cm³/mol. The first kappa shape index (κ1) is 13.1. The Morgan fingerprint density at radius 3 is 2.75 bits per heavy atom. The van der Waals surface area contributed by atoms with Gasteiger partial charge in [-0.25, -0.2) is 0 Å². The molecule has 0 bridgehead atoms. The van der Waals surface area contributed by atoms with Gasteiger partial charge in [0.1, 0.15) is 11.8 Å². The highest BCUT2D eigenvalue weighted by molar-refractivity contribution is 7.99. The van der Waals surface area contributed by atoms with Crippen LogP contribution in [0.4, 0.5) is 0 Å². The summed E-state index contributed by atoms with van der Waals surface area (Å²) in [6, 6.07) is 14.4. The van der Waals surface area contributed by atoms with E-state index in [1.165, 1.54) is 35.3 Å². The zero-order valence-electron chi connectivity index (χ0n) is 11.3. The molecule has 0 heterocycles. The molecule has 2 aromatic carbocycles. The number of nitrogens with zero attached hydrogens (tertiary/aromatic N) is 1. The number of hydrogen-bond donors (Lipinski definition) is 0. The van der Waals surface area contributed by atoms with Gasteiger partial charge in [-0.1, -0.05) is 17.8 Å². The van der Waals surface area contributed by atoms with E-state index in [-0.39, 0.29) is 0 Å². The van der Waals surface area contributed by atoms with E-state index in [4.69, 9.17) is 4.74 Å². The fourth-order valence-corrected chi connectivity index (χ4v) is 3.54. The molecule has 0 unspecified atom stereocenters. The highest BCUT2D eigenvalue weighted by Gasteiger charge is 2.12. The molecule has 3 rings (SSSR count). The van der Waals surface area contributed by atoms with Gasteiger partial charge in [-0.05, 0) is 60.7 Å². The second kappa shape index (κ2) is 5.60. The number of aryl methyl sites for hydroxylation is 2. The second-order valence-electron chi connectivity index (χ2n) is 4.86. The average Bonchev–Trinajstić information content (AvgIpc) is 2.94. The largest absolute Gasteiger partial charge is 0.497 e. The van der Waals surface area contributed by atoms with Crippen molar-refractivity contribution in [1.82, 2.24) is 0 Å². The third-order valence-corrected chi connectivity index (χ3v) is 4.65. The van der Waals surface area contributed by atoms with Crippen LogP contribution in [0, 0.1) is 11.3 Å². The van der Waals surface area contributed by atoms with Crippen LogP contribution >= 0.6 is 11.8 Å². The van der Waals surface area contributed by atoms with Crippen LogP contribution in [0.25, 0.3) is 0 Å². The molecular formula is C17H15NOS. The van der Waals surface area contributed by atoms with Gasteiger partial charge in [-0.2, -0.15) is 5.26 Å². The first-order valence-corrected chi connectivity index (χ1v) is 7.49. The van der Waals surface area contributed by atoms with E-state index in [9.17, 15) is 5.26 Å². The van der Waals surface area contributed by atoms with Gasteiger partial charge in [0.25, 0.3) is 0 Å². The molecule has 1 aliphatic rings. The summed E-state index contributed by atoms with van der Waals surface area (Å²) in [6.07, 6.45) is 3.63. The Morgan fingerprint density at radius 2 is 1.95 bits per heavy atom. The number of nitriles is 1. The second-order valence-corrected chi connectivity index (χ2v) is 5.98. The number of methoxy groups -OCH3 is 1. The first-order chi connectivity index (χ1) is 9.80. The lowest BCUT2D eigenvalue weighted by Crippen LogP contribution is -1.87. The summed E-state index contributed by atoms with van der Waals surface area (Å²) in [7, 11) is 1.64. The third kappa shape index (κ3) is 2.52. The molecule has 100 valence electrons. The van der Waals surface area contributed by atoms with E-state index in [1.54, 1.807) is 18.9 Å². The Bertz CT molecular complexity index is 688. The van der Waals surface area contributed by atoms with Crippen molar-refractivity contribution in [2.45, 2.75) is 29.1 Å². The minimum atomic E-state index is 0.691. The molecule has 0 fully saturated rings. The molecule has 2 nitrogen and oxygen atoms in total. The Balaban J connectivity index is 1.92. The lowest BCUT2D eigenvalue weighted by atomic mass is 10.1. The molecule has 0 N–H and O–H groups in total. The lowest BCUT2D eigenvalue weighted by Gasteiger charge is -2.08. The molecular weight excluding hydrogens is 266 g/mol. The van der Waals surface area contributed by atoms with Gasteiger partial charge in [-0.15, -0.1) is 0 Å². The summed E-state index contributed by atoms with van der Waals surface area (Å²) >= 11 is 1.63. The van der Waals surface area contributed by atoms with Crippen molar-refractivity contribution >= 4 is 11.8 Å². The van der Waals surface area contributed by atoms with Crippen LogP contribution in [0.1, 0.15) is 23.1 Å². The normalized spacial score (nSPS) is 12.8. The van der Waals surface area contributed by atoms with Gasteiger partial charge in [0, 0.05) is 9.79 Å². The van der Waals surface area contributed by atoms with Crippen molar-refractivity contribution < 1.29 is 4.74 Å². The van der Waals surface area contributed by atoms with E-state index in [2.05, 4.69) is 24.3 Å². The molecule has 3 heteroatoms. The molecule has 0 aromatic heterocycles. The van der Waals surface area contributed by atoms with Crippen LogP contribution in [0.5, 0.6) is 5.75 Å². The maximum absolute atomic E-state index is 9.21. The molecule has 20 heavy (non-hydrogen) atoms. The van der Waals surface area contributed by atoms with Crippen LogP contribution in [0.2, 0.25) is 0 Å². The summed E-state index contributed by atoms with van der Waals surface area (Å²) in [6.45, 7) is 0. The topological polar surface area (TPSA) is 33.0 Å². The van der Waals surface area contributed by atoms with Crippen molar-refractivity contribution in [3.63, 3.8) is 0 Å². The zero-order valence-corrected chi connectivity index (χ0v) is 12.2. The molecule has 2 aromatic rings. The number of fused-ring (bicyclic) bond motifs is 1. The van der Waals surface area contributed by atoms with E-state index < -0.39 is 0 Å². The minimum absolute atomic E-state index is 0.691. The molecule has 0 spiro atoms. The maximum Gasteiger partial charge on any atom is 0.120 e. The fourth-order valence-electron chi connectivity index (χ4n) is 2.55. The zero-order chi connectivity index (χ0) is 13.9. The molecule has 0 amide bonds. The van der Waals surface area contributed by atoms with Crippen molar-refractivity contribution in [2.75, 3.05) is 7.11 Å². The summed E-state index contributed by atoms with van der Waals surface area (Å²) in [5.74, 6) is 0.785. The Morgan fingerprint density at radius 1 is 1.10 bits per heavy atom. The summed E-state index contributed by atoms with van der Waals surface area (Å²) in [4.78, 5) is 2.14. The van der Waals surface area contributed by atoms with Gasteiger partial charge in [0.05, 0.1) is 12.7 Å². The molecule has 0 radical (unpaired) electrons. The molecule has 0 saturated carbocycles. The highest BCUT2D eigenvalue weighted by atomic mass is 32.2. The first-order valence-electron chi connectivity index (χ1n) is 6.68. The summed E-state index contributed by atoms with van der Waals surface area (Å²) < 4.78 is 5.24. The van der Waals surface area contributed by atoms with Gasteiger partial charge in [0.15, 0.2) is 0 Å². The van der Waals surface area contributed by atoms with Crippen LogP contribution in [0.15, 0.2) is 46.2 Å². The Hall–Kier alpha value is -1.92. The SMILES string of the molecule is COc1ccc(C#N)c(Sc2ccc3c(c2)CCC3)c1. The van der Waals surface area contributed by atoms with Crippen molar-refractivity contribution in [2.24, 2.45) is 0 Å². The van der Waals surface area contributed by atoms with Gasteiger partial charge < -0.3 is 4.74 Å². The smallest absolute Gasteiger partial charge is 0.120 e. The van der Waals surface area contributed by atoms with E-state index >= 15 is 0 Å². The average molecular weight is 281 g/mol. The number of ether oxygens (including phenoxy) is 1. The Labute approximate surface area is 123 Å². The highest BCUT2D eigenvalue weighted by Crippen LogP contribution is 2.35.